The summed E-state index contributed by atoms with van der Waals surface area (Å²) in [6.45, 7) is 2.38. The Kier molecular flexibility index (Phi) is 4.09. The van der Waals surface area contributed by atoms with Crippen LogP contribution in [0.5, 0.6) is 0 Å². The van der Waals surface area contributed by atoms with Crippen molar-refractivity contribution in [2.75, 3.05) is 0 Å². The molecule has 1 heterocycles. The SMILES string of the molecule is C[C@@H]1CCCc2cc(-c3csc(C4CCCCC4)c3)ccc21. The van der Waals surface area contributed by atoms with Crippen LogP contribution in [0.1, 0.15) is 79.7 Å². The summed E-state index contributed by atoms with van der Waals surface area (Å²) in [5.74, 6) is 1.59. The highest BCUT2D eigenvalue weighted by atomic mass is 32.1. The summed E-state index contributed by atoms with van der Waals surface area (Å²) < 4.78 is 0. The third kappa shape index (κ3) is 2.76. The lowest BCUT2D eigenvalue weighted by atomic mass is 9.82. The van der Waals surface area contributed by atoms with Crippen molar-refractivity contribution < 1.29 is 0 Å². The molecule has 116 valence electrons. The minimum absolute atomic E-state index is 0.748. The zero-order valence-electron chi connectivity index (χ0n) is 13.6. The average molecular weight is 311 g/mol. The molecule has 4 rings (SSSR count). The third-order valence-electron chi connectivity index (χ3n) is 5.72. The van der Waals surface area contributed by atoms with Crippen LogP contribution in [0.15, 0.2) is 29.6 Å². The highest BCUT2D eigenvalue weighted by Crippen LogP contribution is 2.39. The second kappa shape index (κ2) is 6.20. The molecule has 0 saturated heterocycles. The van der Waals surface area contributed by atoms with Crippen molar-refractivity contribution in [2.45, 2.75) is 70.1 Å². The molecule has 1 fully saturated rings. The van der Waals surface area contributed by atoms with Gasteiger partial charge in [-0.3, -0.25) is 0 Å². The molecule has 0 bridgehead atoms. The first-order valence-corrected chi connectivity index (χ1v) is 9.91. The number of benzene rings is 1. The van der Waals surface area contributed by atoms with Crippen molar-refractivity contribution in [2.24, 2.45) is 0 Å². The Bertz CT molecular complexity index is 646. The van der Waals surface area contributed by atoms with Crippen LogP contribution in [0.4, 0.5) is 0 Å². The number of aryl methyl sites for hydroxylation is 1. The molecule has 0 spiro atoms. The summed E-state index contributed by atoms with van der Waals surface area (Å²) in [5.41, 5.74) is 6.08. The first-order valence-electron chi connectivity index (χ1n) is 9.03. The van der Waals surface area contributed by atoms with E-state index < -0.39 is 0 Å². The van der Waals surface area contributed by atoms with Gasteiger partial charge in [0, 0.05) is 4.88 Å². The van der Waals surface area contributed by atoms with Crippen LogP contribution in [0.25, 0.3) is 11.1 Å². The molecule has 1 aromatic carbocycles. The summed E-state index contributed by atoms with van der Waals surface area (Å²) in [5, 5.41) is 2.39. The number of fused-ring (bicyclic) bond motifs is 1. The molecule has 2 aromatic rings. The van der Waals surface area contributed by atoms with Crippen molar-refractivity contribution >= 4 is 11.3 Å². The van der Waals surface area contributed by atoms with E-state index in [2.05, 4.69) is 36.6 Å². The van der Waals surface area contributed by atoms with E-state index in [-0.39, 0.29) is 0 Å². The zero-order chi connectivity index (χ0) is 14.9. The first kappa shape index (κ1) is 14.5. The van der Waals surface area contributed by atoms with Gasteiger partial charge in [-0.05, 0) is 77.6 Å². The van der Waals surface area contributed by atoms with E-state index in [1.165, 1.54) is 62.5 Å². The Morgan fingerprint density at radius 2 is 1.77 bits per heavy atom. The predicted molar refractivity (Wildman–Crippen MR) is 96.9 cm³/mol. The van der Waals surface area contributed by atoms with E-state index in [0.717, 1.165) is 11.8 Å². The van der Waals surface area contributed by atoms with Crippen LogP contribution >= 0.6 is 11.3 Å². The van der Waals surface area contributed by atoms with Crippen LogP contribution < -0.4 is 0 Å². The lowest BCUT2D eigenvalue weighted by Gasteiger charge is -2.22. The molecular weight excluding hydrogens is 284 g/mol. The summed E-state index contributed by atoms with van der Waals surface area (Å²) >= 11 is 1.99. The molecule has 0 radical (unpaired) electrons. The maximum atomic E-state index is 2.48. The van der Waals surface area contributed by atoms with Gasteiger partial charge in [0.1, 0.15) is 0 Å². The maximum absolute atomic E-state index is 2.48. The second-order valence-electron chi connectivity index (χ2n) is 7.28. The van der Waals surface area contributed by atoms with Crippen LogP contribution in [-0.4, -0.2) is 0 Å². The number of rotatable bonds is 2. The van der Waals surface area contributed by atoms with Gasteiger partial charge in [-0.2, -0.15) is 0 Å². The summed E-state index contributed by atoms with van der Waals surface area (Å²) in [6, 6.07) is 9.70. The fourth-order valence-electron chi connectivity index (χ4n) is 4.34. The summed E-state index contributed by atoms with van der Waals surface area (Å²) in [7, 11) is 0. The van der Waals surface area contributed by atoms with Crippen molar-refractivity contribution in [3.63, 3.8) is 0 Å². The van der Waals surface area contributed by atoms with Crippen LogP contribution in [0, 0.1) is 0 Å². The standard InChI is InChI=1S/C21H26S/c1-15-6-5-9-18-12-17(10-11-20(15)18)19-13-21(22-14-19)16-7-3-2-4-8-16/h10-16H,2-9H2,1H3/t15-/m1/s1. The molecule has 0 nitrogen and oxygen atoms in total. The third-order valence-corrected chi connectivity index (χ3v) is 6.81. The summed E-state index contributed by atoms with van der Waals surface area (Å²) in [6.07, 6.45) is 11.1. The van der Waals surface area contributed by atoms with Crippen LogP contribution in [0.3, 0.4) is 0 Å². The van der Waals surface area contributed by atoms with E-state index in [4.69, 9.17) is 0 Å². The molecule has 0 N–H and O–H groups in total. The van der Waals surface area contributed by atoms with Gasteiger partial charge < -0.3 is 0 Å². The predicted octanol–water partition coefficient (Wildman–Crippen LogP) is 6.90. The Labute approximate surface area is 138 Å². The van der Waals surface area contributed by atoms with Crippen LogP contribution in [-0.2, 0) is 6.42 Å². The number of hydrogen-bond acceptors (Lipinski definition) is 1. The van der Waals surface area contributed by atoms with Crippen molar-refractivity contribution in [1.29, 1.82) is 0 Å². The highest BCUT2D eigenvalue weighted by molar-refractivity contribution is 7.10. The smallest absolute Gasteiger partial charge is 0.00825 e. The van der Waals surface area contributed by atoms with E-state index in [9.17, 15) is 0 Å². The number of hydrogen-bond donors (Lipinski definition) is 0. The van der Waals surface area contributed by atoms with Gasteiger partial charge in [0.25, 0.3) is 0 Å². The largest absolute Gasteiger partial charge is 0.148 e. The Morgan fingerprint density at radius 3 is 2.64 bits per heavy atom. The molecular formula is C21H26S. The first-order chi connectivity index (χ1) is 10.8. The van der Waals surface area contributed by atoms with Gasteiger partial charge in [-0.1, -0.05) is 44.4 Å². The molecule has 2 aliphatic carbocycles. The monoisotopic (exact) mass is 310 g/mol. The molecule has 0 amide bonds. The summed E-state index contributed by atoms with van der Waals surface area (Å²) in [4.78, 5) is 1.63. The maximum Gasteiger partial charge on any atom is 0.00825 e. The fourth-order valence-corrected chi connectivity index (χ4v) is 5.43. The van der Waals surface area contributed by atoms with Crippen molar-refractivity contribution in [3.05, 3.63) is 45.6 Å². The van der Waals surface area contributed by atoms with E-state index in [1.54, 1.807) is 16.0 Å². The van der Waals surface area contributed by atoms with Gasteiger partial charge in [-0.25, -0.2) is 0 Å². The quantitative estimate of drug-likeness (QED) is 0.565. The number of thiophene rings is 1. The molecule has 1 atom stereocenters. The van der Waals surface area contributed by atoms with Gasteiger partial charge in [0.2, 0.25) is 0 Å². The van der Waals surface area contributed by atoms with E-state index in [1.807, 2.05) is 11.3 Å². The zero-order valence-corrected chi connectivity index (χ0v) is 14.4. The normalized spacial score (nSPS) is 22.5. The van der Waals surface area contributed by atoms with E-state index in [0.29, 0.717) is 0 Å². The second-order valence-corrected chi connectivity index (χ2v) is 8.22. The molecule has 22 heavy (non-hydrogen) atoms. The van der Waals surface area contributed by atoms with Crippen molar-refractivity contribution in [1.82, 2.24) is 0 Å². The molecule has 0 aliphatic heterocycles. The van der Waals surface area contributed by atoms with Crippen LogP contribution in [0.2, 0.25) is 0 Å². The molecule has 1 saturated carbocycles. The highest BCUT2D eigenvalue weighted by Gasteiger charge is 2.19. The van der Waals surface area contributed by atoms with Gasteiger partial charge in [0.15, 0.2) is 0 Å². The fraction of sp³-hybridized carbons (Fsp3) is 0.524. The van der Waals surface area contributed by atoms with Crippen molar-refractivity contribution in [3.8, 4) is 11.1 Å². The molecule has 1 aromatic heterocycles. The van der Waals surface area contributed by atoms with Gasteiger partial charge in [0.05, 0.1) is 0 Å². The Hall–Kier alpha value is -1.08. The molecule has 1 heteroatoms. The molecule has 2 aliphatic rings. The molecule has 0 unspecified atom stereocenters. The lowest BCUT2D eigenvalue weighted by Crippen LogP contribution is -2.06. The van der Waals surface area contributed by atoms with Gasteiger partial charge in [-0.15, -0.1) is 11.3 Å². The minimum Gasteiger partial charge on any atom is -0.148 e. The lowest BCUT2D eigenvalue weighted by molar-refractivity contribution is 0.448. The minimum atomic E-state index is 0.748. The average Bonchev–Trinajstić information content (AvgIpc) is 3.06. The Morgan fingerprint density at radius 1 is 0.909 bits per heavy atom. The van der Waals surface area contributed by atoms with E-state index >= 15 is 0 Å². The van der Waals surface area contributed by atoms with Gasteiger partial charge >= 0.3 is 0 Å². The Balaban J connectivity index is 1.61. The topological polar surface area (TPSA) is 0 Å².